The topological polar surface area (TPSA) is 67.9 Å². The van der Waals surface area contributed by atoms with E-state index in [-0.39, 0.29) is 23.7 Å². The molecule has 0 radical (unpaired) electrons. The van der Waals surface area contributed by atoms with Gasteiger partial charge in [-0.25, -0.2) is 0 Å². The Labute approximate surface area is 154 Å². The van der Waals surface area contributed by atoms with Crippen LogP contribution in [0.5, 0.6) is 0 Å². The number of anilines is 1. The number of para-hydroxylation sites is 1. The first-order chi connectivity index (χ1) is 12.3. The lowest BCUT2D eigenvalue weighted by atomic mass is 9.86. The Morgan fingerprint density at radius 2 is 1.73 bits per heavy atom. The van der Waals surface area contributed by atoms with Crippen molar-refractivity contribution in [1.29, 1.82) is 0 Å². The molecule has 0 saturated carbocycles. The molecule has 0 aliphatic carbocycles. The van der Waals surface area contributed by atoms with Gasteiger partial charge in [-0.1, -0.05) is 39.0 Å². The molecule has 0 aromatic heterocycles. The van der Waals surface area contributed by atoms with E-state index < -0.39 is 5.79 Å². The number of benzene rings is 1. The number of hydrogen-bond donors (Lipinski definition) is 1. The van der Waals surface area contributed by atoms with Gasteiger partial charge in [-0.3, -0.25) is 9.59 Å². The van der Waals surface area contributed by atoms with Crippen LogP contribution in [-0.2, 0) is 24.5 Å². The maximum absolute atomic E-state index is 12.5. The molecule has 2 saturated heterocycles. The molecule has 6 heteroatoms. The van der Waals surface area contributed by atoms with Gasteiger partial charge < -0.3 is 19.7 Å². The zero-order chi connectivity index (χ0) is 18.8. The number of nitrogens with zero attached hydrogens (tertiary/aromatic N) is 1. The molecule has 6 nitrogen and oxygen atoms in total. The zero-order valence-electron chi connectivity index (χ0n) is 15.8. The lowest BCUT2D eigenvalue weighted by molar-refractivity contribution is -0.187. The fraction of sp³-hybridized carbons (Fsp3) is 0.600. The number of nitrogens with one attached hydrogen (secondary N) is 1. The summed E-state index contributed by atoms with van der Waals surface area (Å²) < 4.78 is 11.4. The molecular formula is C20H28N2O4. The first kappa shape index (κ1) is 18.9. The average molecular weight is 360 g/mol. The molecule has 2 aliphatic rings. The molecule has 0 unspecified atom stereocenters. The highest BCUT2D eigenvalue weighted by molar-refractivity contribution is 6.04. The number of carbonyl (C=O) groups is 2. The highest BCUT2D eigenvalue weighted by Crippen LogP contribution is 2.32. The minimum absolute atomic E-state index is 0.0870. The number of hydrogen-bond acceptors (Lipinski definition) is 4. The van der Waals surface area contributed by atoms with Gasteiger partial charge in [0.25, 0.3) is 0 Å². The van der Waals surface area contributed by atoms with Crippen LogP contribution in [0.15, 0.2) is 24.3 Å². The largest absolute Gasteiger partial charge is 0.347 e. The highest BCUT2D eigenvalue weighted by atomic mass is 16.7. The van der Waals surface area contributed by atoms with Crippen LogP contribution in [0.1, 0.15) is 45.6 Å². The van der Waals surface area contributed by atoms with E-state index in [1.807, 2.05) is 24.3 Å². The number of rotatable bonds is 3. The molecule has 1 N–H and O–H groups in total. The van der Waals surface area contributed by atoms with Gasteiger partial charge in [0.05, 0.1) is 13.2 Å². The zero-order valence-corrected chi connectivity index (χ0v) is 15.8. The molecule has 2 fully saturated rings. The Kier molecular flexibility index (Phi) is 5.34. The van der Waals surface area contributed by atoms with Crippen LogP contribution in [0.2, 0.25) is 0 Å². The van der Waals surface area contributed by atoms with Crippen LogP contribution in [0.3, 0.4) is 0 Å². The van der Waals surface area contributed by atoms with E-state index in [2.05, 4.69) is 26.1 Å². The maximum atomic E-state index is 12.5. The summed E-state index contributed by atoms with van der Waals surface area (Å²) >= 11 is 0. The number of carbonyl (C=O) groups excluding carboxylic acids is 2. The Bertz CT molecular complexity index is 665. The van der Waals surface area contributed by atoms with Crippen molar-refractivity contribution >= 4 is 17.5 Å². The SMILES string of the molecule is CC(C)(C)c1ccccc1NC(=O)CC(=O)N1CCC2(CC1)OCCO2. The Hall–Kier alpha value is -1.92. The summed E-state index contributed by atoms with van der Waals surface area (Å²) in [5, 5.41) is 2.90. The molecule has 142 valence electrons. The fourth-order valence-corrected chi connectivity index (χ4v) is 3.57. The van der Waals surface area contributed by atoms with Crippen LogP contribution >= 0.6 is 0 Å². The summed E-state index contributed by atoms with van der Waals surface area (Å²) in [5.41, 5.74) is 1.73. The van der Waals surface area contributed by atoms with Gasteiger partial charge in [-0.05, 0) is 17.0 Å². The van der Waals surface area contributed by atoms with E-state index in [9.17, 15) is 9.59 Å². The summed E-state index contributed by atoms with van der Waals surface area (Å²) in [6.45, 7) is 8.64. The summed E-state index contributed by atoms with van der Waals surface area (Å²) in [4.78, 5) is 26.6. The van der Waals surface area contributed by atoms with Crippen molar-refractivity contribution in [3.05, 3.63) is 29.8 Å². The van der Waals surface area contributed by atoms with Gasteiger partial charge in [0.1, 0.15) is 6.42 Å². The summed E-state index contributed by atoms with van der Waals surface area (Å²) in [6.07, 6.45) is 1.17. The van der Waals surface area contributed by atoms with Gasteiger partial charge in [-0.2, -0.15) is 0 Å². The molecule has 2 amide bonds. The maximum Gasteiger partial charge on any atom is 0.233 e. The van der Waals surface area contributed by atoms with Gasteiger partial charge in [0, 0.05) is 31.6 Å². The number of ether oxygens (including phenoxy) is 2. The molecule has 2 heterocycles. The molecule has 0 bridgehead atoms. The average Bonchev–Trinajstić information content (AvgIpc) is 3.03. The quantitative estimate of drug-likeness (QED) is 0.842. The minimum atomic E-state index is -0.509. The molecule has 0 atom stereocenters. The van der Waals surface area contributed by atoms with E-state index in [1.165, 1.54) is 0 Å². The lowest BCUT2D eigenvalue weighted by Crippen LogP contribution is -2.47. The van der Waals surface area contributed by atoms with Crippen LogP contribution in [0.4, 0.5) is 5.69 Å². The van der Waals surface area contributed by atoms with Crippen LogP contribution in [0, 0.1) is 0 Å². The third-order valence-electron chi connectivity index (χ3n) is 5.01. The Balaban J connectivity index is 1.55. The second-order valence-corrected chi connectivity index (χ2v) is 8.01. The monoisotopic (exact) mass is 360 g/mol. The molecule has 2 aliphatic heterocycles. The summed E-state index contributed by atoms with van der Waals surface area (Å²) in [7, 11) is 0. The third-order valence-corrected chi connectivity index (χ3v) is 5.01. The van der Waals surface area contributed by atoms with Crippen molar-refractivity contribution < 1.29 is 19.1 Å². The van der Waals surface area contributed by atoms with E-state index in [0.717, 1.165) is 11.3 Å². The second kappa shape index (κ2) is 7.37. The van der Waals surface area contributed by atoms with Gasteiger partial charge in [0.15, 0.2) is 5.79 Å². The smallest absolute Gasteiger partial charge is 0.233 e. The number of amides is 2. The van der Waals surface area contributed by atoms with Gasteiger partial charge in [-0.15, -0.1) is 0 Å². The van der Waals surface area contributed by atoms with Gasteiger partial charge in [0.2, 0.25) is 11.8 Å². The van der Waals surface area contributed by atoms with E-state index in [0.29, 0.717) is 39.1 Å². The molecule has 26 heavy (non-hydrogen) atoms. The molecule has 3 rings (SSSR count). The van der Waals surface area contributed by atoms with Crippen molar-refractivity contribution in [3.63, 3.8) is 0 Å². The van der Waals surface area contributed by atoms with Crippen molar-refractivity contribution in [2.45, 2.75) is 51.2 Å². The van der Waals surface area contributed by atoms with Crippen molar-refractivity contribution in [1.82, 2.24) is 4.90 Å². The van der Waals surface area contributed by atoms with Crippen molar-refractivity contribution in [3.8, 4) is 0 Å². The number of piperidine rings is 1. The third kappa shape index (κ3) is 4.24. The summed E-state index contributed by atoms with van der Waals surface area (Å²) in [6, 6.07) is 7.72. The van der Waals surface area contributed by atoms with Crippen LogP contribution in [-0.4, -0.2) is 48.8 Å². The van der Waals surface area contributed by atoms with Crippen LogP contribution < -0.4 is 5.32 Å². The standard InChI is InChI=1S/C20H28N2O4/c1-19(2,3)15-6-4-5-7-16(15)21-17(23)14-18(24)22-10-8-20(9-11-22)25-12-13-26-20/h4-7H,8-14H2,1-3H3,(H,21,23). The first-order valence-electron chi connectivity index (χ1n) is 9.24. The molecule has 1 spiro atoms. The summed E-state index contributed by atoms with van der Waals surface area (Å²) in [5.74, 6) is -0.936. The second-order valence-electron chi connectivity index (χ2n) is 8.01. The van der Waals surface area contributed by atoms with E-state index in [1.54, 1.807) is 4.90 Å². The van der Waals surface area contributed by atoms with Gasteiger partial charge >= 0.3 is 0 Å². The molecule has 1 aromatic carbocycles. The molecular weight excluding hydrogens is 332 g/mol. The predicted octanol–water partition coefficient (Wildman–Crippen LogP) is 2.68. The Morgan fingerprint density at radius 3 is 2.35 bits per heavy atom. The normalized spacial score (nSPS) is 19.6. The van der Waals surface area contributed by atoms with E-state index in [4.69, 9.17) is 9.47 Å². The van der Waals surface area contributed by atoms with Crippen molar-refractivity contribution in [2.75, 3.05) is 31.6 Å². The van der Waals surface area contributed by atoms with Crippen molar-refractivity contribution in [2.24, 2.45) is 0 Å². The van der Waals surface area contributed by atoms with Crippen LogP contribution in [0.25, 0.3) is 0 Å². The highest BCUT2D eigenvalue weighted by Gasteiger charge is 2.40. The Morgan fingerprint density at radius 1 is 1.12 bits per heavy atom. The minimum Gasteiger partial charge on any atom is -0.347 e. The lowest BCUT2D eigenvalue weighted by Gasteiger charge is -2.37. The fourth-order valence-electron chi connectivity index (χ4n) is 3.57. The number of likely N-dealkylation sites (tertiary alicyclic amines) is 1. The first-order valence-corrected chi connectivity index (χ1v) is 9.24. The molecule has 1 aromatic rings. The predicted molar refractivity (Wildman–Crippen MR) is 98.8 cm³/mol. The van der Waals surface area contributed by atoms with E-state index >= 15 is 0 Å².